The molecular formula is C29H34NO10P. The Labute approximate surface area is 238 Å². The Balaban J connectivity index is 1.69. The van der Waals surface area contributed by atoms with E-state index in [1.54, 1.807) is 72.8 Å². The fourth-order valence-electron chi connectivity index (χ4n) is 3.28. The van der Waals surface area contributed by atoms with E-state index in [-0.39, 0.29) is 26.4 Å². The largest absolute Gasteiger partial charge is 0.475 e. The molecule has 3 atom stereocenters. The van der Waals surface area contributed by atoms with Crippen LogP contribution in [-0.2, 0) is 57.0 Å². The average molecular weight is 588 g/mol. The number of hydrogen-bond acceptors (Lipinski definition) is 10. The van der Waals surface area contributed by atoms with Crippen LogP contribution < -0.4 is 5.32 Å². The number of amides is 1. The first-order valence-electron chi connectivity index (χ1n) is 12.8. The van der Waals surface area contributed by atoms with E-state index >= 15 is 0 Å². The molecule has 2 N–H and O–H groups in total. The van der Waals surface area contributed by atoms with Crippen molar-refractivity contribution in [3.8, 4) is 0 Å². The van der Waals surface area contributed by atoms with Gasteiger partial charge in [0.25, 0.3) is 0 Å². The molecule has 0 aliphatic carbocycles. The topological polar surface area (TPSA) is 139 Å². The maximum absolute atomic E-state index is 13.5. The van der Waals surface area contributed by atoms with Gasteiger partial charge in [0, 0.05) is 7.11 Å². The van der Waals surface area contributed by atoms with Gasteiger partial charge in [0.05, 0.1) is 26.4 Å². The van der Waals surface area contributed by atoms with Gasteiger partial charge in [-0.25, -0.2) is 14.2 Å². The number of hydrogen-bond donors (Lipinski definition) is 2. The molecule has 0 saturated carbocycles. The summed E-state index contributed by atoms with van der Waals surface area (Å²) >= 11 is 0. The molecule has 3 aromatic carbocycles. The highest BCUT2D eigenvalue weighted by Gasteiger charge is 2.33. The lowest BCUT2D eigenvalue weighted by Crippen LogP contribution is -2.45. The van der Waals surface area contributed by atoms with Crippen LogP contribution in [0.2, 0.25) is 0 Å². The van der Waals surface area contributed by atoms with Gasteiger partial charge in [-0.15, -0.1) is 0 Å². The van der Waals surface area contributed by atoms with Crippen molar-refractivity contribution in [1.82, 2.24) is 5.32 Å². The molecule has 0 bridgehead atoms. The van der Waals surface area contributed by atoms with Gasteiger partial charge in [0.15, 0.2) is 6.04 Å². The Morgan fingerprint density at radius 3 is 1.73 bits per heavy atom. The summed E-state index contributed by atoms with van der Waals surface area (Å²) in [5, 5.41) is 11.8. The number of aliphatic hydroxyl groups is 1. The van der Waals surface area contributed by atoms with E-state index in [1.165, 1.54) is 7.11 Å². The maximum Gasteiger partial charge on any atom is 0.475 e. The second kappa shape index (κ2) is 17.3. The lowest BCUT2D eigenvalue weighted by Gasteiger charge is -2.23. The van der Waals surface area contributed by atoms with Crippen LogP contribution in [0.15, 0.2) is 91.0 Å². The van der Waals surface area contributed by atoms with Crippen molar-refractivity contribution in [2.75, 3.05) is 26.9 Å². The third-order valence-electron chi connectivity index (χ3n) is 5.60. The minimum Gasteiger partial charge on any atom is -0.459 e. The zero-order valence-electron chi connectivity index (χ0n) is 22.6. The van der Waals surface area contributed by atoms with Crippen molar-refractivity contribution in [2.24, 2.45) is 0 Å². The smallest absolute Gasteiger partial charge is 0.459 e. The molecule has 12 heteroatoms. The number of alkyl carbamates (subject to hydrolysis) is 1. The van der Waals surface area contributed by atoms with E-state index in [4.69, 9.17) is 27.8 Å². The lowest BCUT2D eigenvalue weighted by molar-refractivity contribution is -0.148. The highest BCUT2D eigenvalue weighted by Crippen LogP contribution is 2.50. The molecule has 11 nitrogen and oxygen atoms in total. The molecule has 0 saturated heterocycles. The molecule has 0 aromatic heterocycles. The molecule has 1 amide bonds. The second-order valence-electron chi connectivity index (χ2n) is 8.69. The number of esters is 1. The molecule has 3 aromatic rings. The van der Waals surface area contributed by atoms with E-state index < -0.39 is 45.2 Å². The molecule has 220 valence electrons. The van der Waals surface area contributed by atoms with Gasteiger partial charge in [0.2, 0.25) is 0 Å². The van der Waals surface area contributed by atoms with E-state index in [9.17, 15) is 19.3 Å². The number of phosphoric ester groups is 1. The normalized spacial score (nSPS) is 13.9. The Morgan fingerprint density at radius 1 is 0.732 bits per heavy atom. The summed E-state index contributed by atoms with van der Waals surface area (Å²) in [5.41, 5.74) is 2.15. The Bertz CT molecular complexity index is 1230. The zero-order valence-corrected chi connectivity index (χ0v) is 23.5. The molecule has 41 heavy (non-hydrogen) atoms. The van der Waals surface area contributed by atoms with Crippen LogP contribution in [0.25, 0.3) is 0 Å². The molecule has 1 unspecified atom stereocenters. The van der Waals surface area contributed by atoms with Gasteiger partial charge in [-0.1, -0.05) is 91.0 Å². The van der Waals surface area contributed by atoms with E-state index in [2.05, 4.69) is 5.32 Å². The third kappa shape index (κ3) is 11.8. The van der Waals surface area contributed by atoms with Crippen molar-refractivity contribution < 1.29 is 47.0 Å². The summed E-state index contributed by atoms with van der Waals surface area (Å²) < 4.78 is 45.6. The number of benzene rings is 3. The van der Waals surface area contributed by atoms with Crippen LogP contribution in [0.3, 0.4) is 0 Å². The SMILES string of the molecule is CO[C@H](CO)COP(=O)(OCc1ccccc1)OC[C@H](NC(=O)OCc1ccccc1)C(=O)OCc1ccccc1. The zero-order chi connectivity index (χ0) is 29.3. The number of ether oxygens (including phenoxy) is 3. The summed E-state index contributed by atoms with van der Waals surface area (Å²) in [7, 11) is -2.98. The van der Waals surface area contributed by atoms with Crippen molar-refractivity contribution >= 4 is 19.9 Å². The Kier molecular flexibility index (Phi) is 13.5. The first-order valence-corrected chi connectivity index (χ1v) is 14.3. The Morgan fingerprint density at radius 2 is 1.22 bits per heavy atom. The van der Waals surface area contributed by atoms with Gasteiger partial charge in [0.1, 0.15) is 19.3 Å². The molecule has 0 spiro atoms. The lowest BCUT2D eigenvalue weighted by atomic mass is 10.2. The highest BCUT2D eigenvalue weighted by molar-refractivity contribution is 7.48. The summed E-state index contributed by atoms with van der Waals surface area (Å²) in [4.78, 5) is 25.5. The number of aliphatic hydroxyl groups excluding tert-OH is 1. The minimum absolute atomic E-state index is 0.0410. The van der Waals surface area contributed by atoms with Gasteiger partial charge >= 0.3 is 19.9 Å². The van der Waals surface area contributed by atoms with Crippen molar-refractivity contribution in [2.45, 2.75) is 32.0 Å². The van der Waals surface area contributed by atoms with Crippen LogP contribution >= 0.6 is 7.82 Å². The van der Waals surface area contributed by atoms with Crippen LogP contribution in [0.4, 0.5) is 4.79 Å². The average Bonchev–Trinajstić information content (AvgIpc) is 3.02. The first kappa shape index (κ1) is 32.0. The van der Waals surface area contributed by atoms with Crippen LogP contribution in [0.1, 0.15) is 16.7 Å². The minimum atomic E-state index is -4.33. The van der Waals surface area contributed by atoms with Gasteiger partial charge in [-0.05, 0) is 16.7 Å². The quantitative estimate of drug-likeness (QED) is 0.173. The fourth-order valence-corrected chi connectivity index (χ4v) is 4.49. The van der Waals surface area contributed by atoms with Crippen molar-refractivity contribution in [1.29, 1.82) is 0 Å². The molecule has 3 rings (SSSR count). The van der Waals surface area contributed by atoms with E-state index in [0.717, 1.165) is 11.1 Å². The summed E-state index contributed by atoms with van der Waals surface area (Å²) in [6.45, 7) is -1.60. The molecule has 0 radical (unpaired) electrons. The number of nitrogens with one attached hydrogen (secondary N) is 1. The van der Waals surface area contributed by atoms with E-state index in [1.807, 2.05) is 18.2 Å². The Hall–Kier alpha value is -3.57. The first-order chi connectivity index (χ1) is 19.9. The van der Waals surface area contributed by atoms with Gasteiger partial charge in [-0.3, -0.25) is 13.6 Å². The number of carbonyl (C=O) groups is 2. The number of rotatable bonds is 17. The fraction of sp³-hybridized carbons (Fsp3) is 0.310. The highest BCUT2D eigenvalue weighted by atomic mass is 31.2. The molecular weight excluding hydrogens is 553 g/mol. The molecule has 0 heterocycles. The van der Waals surface area contributed by atoms with Crippen LogP contribution in [0.5, 0.6) is 0 Å². The van der Waals surface area contributed by atoms with Crippen molar-refractivity contribution in [3.63, 3.8) is 0 Å². The monoisotopic (exact) mass is 587 g/mol. The van der Waals surface area contributed by atoms with E-state index in [0.29, 0.717) is 5.56 Å². The number of phosphoric acid groups is 1. The second-order valence-corrected chi connectivity index (χ2v) is 10.4. The molecule has 0 aliphatic rings. The molecule has 0 fully saturated rings. The standard InChI is InChI=1S/C29H34NO10P/c1-35-26(17-31)21-39-41(34,38-20-25-15-9-4-10-16-25)40-22-27(28(32)36-18-23-11-5-2-6-12-23)30-29(33)37-19-24-13-7-3-8-14-24/h2-16,26-27,31H,17-22H2,1H3,(H,30,33)/t26-,27+,41?/m1/s1. The number of carbonyl (C=O) groups excluding carboxylic acids is 2. The van der Waals surface area contributed by atoms with Gasteiger partial charge < -0.3 is 24.6 Å². The summed E-state index contributed by atoms with van der Waals surface area (Å²) in [6, 6.07) is 25.4. The third-order valence-corrected chi connectivity index (χ3v) is 6.98. The predicted molar refractivity (Wildman–Crippen MR) is 148 cm³/mol. The maximum atomic E-state index is 13.5. The number of methoxy groups -OCH3 is 1. The summed E-state index contributed by atoms with van der Waals surface area (Å²) in [6.07, 6.45) is -1.72. The van der Waals surface area contributed by atoms with Crippen molar-refractivity contribution in [3.05, 3.63) is 108 Å². The van der Waals surface area contributed by atoms with Crippen LogP contribution in [-0.4, -0.2) is 56.2 Å². The predicted octanol–water partition coefficient (Wildman–Crippen LogP) is 4.39. The van der Waals surface area contributed by atoms with Gasteiger partial charge in [-0.2, -0.15) is 0 Å². The van der Waals surface area contributed by atoms with Crippen LogP contribution in [0, 0.1) is 0 Å². The summed E-state index contributed by atoms with van der Waals surface area (Å²) in [5.74, 6) is -0.856. The molecule has 0 aliphatic heterocycles.